The molecule has 0 aliphatic rings. The maximum absolute atomic E-state index is 4.23. The molecule has 1 heterocycles. The van der Waals surface area contributed by atoms with E-state index in [0.29, 0.717) is 0 Å². The predicted octanol–water partition coefficient (Wildman–Crippen LogP) is 1.88. The summed E-state index contributed by atoms with van der Waals surface area (Å²) in [6.45, 7) is 5.07. The average Bonchev–Trinajstić information content (AvgIpc) is 2.25. The highest BCUT2D eigenvalue weighted by atomic mass is 15.1. The van der Waals surface area contributed by atoms with E-state index >= 15 is 0 Å². The van der Waals surface area contributed by atoms with Crippen LogP contribution in [-0.2, 0) is 0 Å². The quantitative estimate of drug-likeness (QED) is 0.691. The highest BCUT2D eigenvalue weighted by molar-refractivity contribution is 5.51. The largest absolute Gasteiger partial charge is 0.385 e. The van der Waals surface area contributed by atoms with Crippen molar-refractivity contribution in [2.45, 2.75) is 13.3 Å². The van der Waals surface area contributed by atoms with Crippen LogP contribution in [0.25, 0.3) is 0 Å². The zero-order valence-electron chi connectivity index (χ0n) is 10.5. The minimum absolute atomic E-state index is 0.900. The monoisotopic (exact) mass is 222 g/mol. The molecule has 0 unspecified atom stereocenters. The lowest BCUT2D eigenvalue weighted by atomic mass is 10.3. The van der Waals surface area contributed by atoms with Crippen molar-refractivity contribution in [1.82, 2.24) is 9.88 Å². The third kappa shape index (κ3) is 4.98. The van der Waals surface area contributed by atoms with Crippen LogP contribution in [0.4, 0.5) is 11.5 Å². The topological polar surface area (TPSA) is 40.2 Å². The molecule has 90 valence electrons. The molecule has 0 bridgehead atoms. The lowest BCUT2D eigenvalue weighted by molar-refractivity contribution is 0.405. The molecule has 0 aliphatic heterocycles. The average molecular weight is 222 g/mol. The van der Waals surface area contributed by atoms with Crippen molar-refractivity contribution in [3.8, 4) is 0 Å². The van der Waals surface area contributed by atoms with Crippen LogP contribution in [-0.4, -0.2) is 43.6 Å². The number of nitrogens with zero attached hydrogens (tertiary/aromatic N) is 2. The van der Waals surface area contributed by atoms with E-state index in [1.165, 1.54) is 0 Å². The first-order valence-corrected chi connectivity index (χ1v) is 5.81. The van der Waals surface area contributed by atoms with Gasteiger partial charge in [-0.25, -0.2) is 4.98 Å². The Labute approximate surface area is 98.1 Å². The Hall–Kier alpha value is -1.29. The van der Waals surface area contributed by atoms with Gasteiger partial charge >= 0.3 is 0 Å². The standard InChI is InChI=1S/C12H22N4/c1-4-13-12-10-11(6-8-15-12)14-7-5-9-16(2)3/h6,8,10H,4-5,7,9H2,1-3H3,(H2,13,14,15). The summed E-state index contributed by atoms with van der Waals surface area (Å²) in [6.07, 6.45) is 2.97. The van der Waals surface area contributed by atoms with Crippen LogP contribution < -0.4 is 10.6 Å². The Balaban J connectivity index is 2.33. The summed E-state index contributed by atoms with van der Waals surface area (Å²) >= 11 is 0. The summed E-state index contributed by atoms with van der Waals surface area (Å²) < 4.78 is 0. The summed E-state index contributed by atoms with van der Waals surface area (Å²) in [4.78, 5) is 6.42. The number of pyridine rings is 1. The second kappa shape index (κ2) is 7.06. The number of anilines is 2. The molecular weight excluding hydrogens is 200 g/mol. The van der Waals surface area contributed by atoms with Gasteiger partial charge in [-0.15, -0.1) is 0 Å². The van der Waals surface area contributed by atoms with Gasteiger partial charge in [0.1, 0.15) is 5.82 Å². The second-order valence-corrected chi connectivity index (χ2v) is 4.04. The minimum Gasteiger partial charge on any atom is -0.385 e. The first kappa shape index (κ1) is 12.8. The molecule has 1 rings (SSSR count). The lowest BCUT2D eigenvalue weighted by Gasteiger charge is -2.11. The Morgan fingerprint density at radius 2 is 2.12 bits per heavy atom. The summed E-state index contributed by atoms with van der Waals surface area (Å²) in [7, 11) is 4.19. The zero-order valence-corrected chi connectivity index (χ0v) is 10.5. The van der Waals surface area contributed by atoms with Crippen LogP contribution in [0.2, 0.25) is 0 Å². The smallest absolute Gasteiger partial charge is 0.127 e. The van der Waals surface area contributed by atoms with Crippen molar-refractivity contribution in [1.29, 1.82) is 0 Å². The molecule has 4 nitrogen and oxygen atoms in total. The molecule has 16 heavy (non-hydrogen) atoms. The molecule has 1 aromatic rings. The first-order chi connectivity index (χ1) is 7.72. The first-order valence-electron chi connectivity index (χ1n) is 5.81. The van der Waals surface area contributed by atoms with E-state index in [1.807, 2.05) is 18.3 Å². The van der Waals surface area contributed by atoms with Crippen LogP contribution in [0.1, 0.15) is 13.3 Å². The van der Waals surface area contributed by atoms with Gasteiger partial charge in [0.05, 0.1) is 0 Å². The van der Waals surface area contributed by atoms with Gasteiger partial charge in [0, 0.05) is 31.0 Å². The molecule has 0 spiro atoms. The van der Waals surface area contributed by atoms with E-state index < -0.39 is 0 Å². The van der Waals surface area contributed by atoms with Gasteiger partial charge < -0.3 is 15.5 Å². The van der Waals surface area contributed by atoms with Gasteiger partial charge in [-0.05, 0) is 40.1 Å². The van der Waals surface area contributed by atoms with E-state index in [1.54, 1.807) is 0 Å². The third-order valence-corrected chi connectivity index (χ3v) is 2.23. The predicted molar refractivity (Wildman–Crippen MR) is 70.1 cm³/mol. The van der Waals surface area contributed by atoms with E-state index in [0.717, 1.165) is 37.6 Å². The van der Waals surface area contributed by atoms with Crippen molar-refractivity contribution in [2.24, 2.45) is 0 Å². The Bertz CT molecular complexity index is 299. The SMILES string of the molecule is CCNc1cc(NCCCN(C)C)ccn1. The summed E-state index contributed by atoms with van der Waals surface area (Å²) in [6, 6.07) is 4.04. The summed E-state index contributed by atoms with van der Waals surface area (Å²) in [5.41, 5.74) is 1.13. The second-order valence-electron chi connectivity index (χ2n) is 4.04. The maximum Gasteiger partial charge on any atom is 0.127 e. The van der Waals surface area contributed by atoms with E-state index in [9.17, 15) is 0 Å². The third-order valence-electron chi connectivity index (χ3n) is 2.23. The van der Waals surface area contributed by atoms with Gasteiger partial charge in [-0.2, -0.15) is 0 Å². The minimum atomic E-state index is 0.900. The Morgan fingerprint density at radius 1 is 1.31 bits per heavy atom. The van der Waals surface area contributed by atoms with Crippen LogP contribution in [0.5, 0.6) is 0 Å². The molecule has 1 aromatic heterocycles. The van der Waals surface area contributed by atoms with Gasteiger partial charge in [-0.3, -0.25) is 0 Å². The molecule has 0 aliphatic carbocycles. The lowest BCUT2D eigenvalue weighted by Crippen LogP contribution is -2.16. The molecule has 2 N–H and O–H groups in total. The number of aromatic nitrogens is 1. The molecule has 4 heteroatoms. The molecule has 0 saturated heterocycles. The molecule has 0 amide bonds. The van der Waals surface area contributed by atoms with E-state index in [2.05, 4.69) is 41.5 Å². The maximum atomic E-state index is 4.23. The van der Waals surface area contributed by atoms with E-state index in [-0.39, 0.29) is 0 Å². The fourth-order valence-corrected chi connectivity index (χ4v) is 1.45. The molecule has 0 atom stereocenters. The fourth-order valence-electron chi connectivity index (χ4n) is 1.45. The molecule has 0 fully saturated rings. The zero-order chi connectivity index (χ0) is 11.8. The molecule has 0 radical (unpaired) electrons. The van der Waals surface area contributed by atoms with Gasteiger partial charge in [0.15, 0.2) is 0 Å². The highest BCUT2D eigenvalue weighted by Gasteiger charge is 1.95. The van der Waals surface area contributed by atoms with Crippen molar-refractivity contribution in [3.63, 3.8) is 0 Å². The normalized spacial score (nSPS) is 10.5. The van der Waals surface area contributed by atoms with Gasteiger partial charge in [0.2, 0.25) is 0 Å². The molecule has 0 saturated carbocycles. The van der Waals surface area contributed by atoms with Gasteiger partial charge in [0.25, 0.3) is 0 Å². The van der Waals surface area contributed by atoms with Crippen molar-refractivity contribution in [3.05, 3.63) is 18.3 Å². The summed E-state index contributed by atoms with van der Waals surface area (Å²) in [5.74, 6) is 0.931. The fraction of sp³-hybridized carbons (Fsp3) is 0.583. The van der Waals surface area contributed by atoms with E-state index in [4.69, 9.17) is 0 Å². The number of nitrogens with one attached hydrogen (secondary N) is 2. The van der Waals surface area contributed by atoms with Gasteiger partial charge in [-0.1, -0.05) is 0 Å². The van der Waals surface area contributed by atoms with Crippen molar-refractivity contribution >= 4 is 11.5 Å². The number of hydrogen-bond donors (Lipinski definition) is 2. The summed E-state index contributed by atoms with van der Waals surface area (Å²) in [5, 5.41) is 6.59. The van der Waals surface area contributed by atoms with Crippen LogP contribution in [0.3, 0.4) is 0 Å². The van der Waals surface area contributed by atoms with Crippen LogP contribution in [0, 0.1) is 0 Å². The molecular formula is C12H22N4. The number of hydrogen-bond acceptors (Lipinski definition) is 4. The molecule has 0 aromatic carbocycles. The number of rotatable bonds is 7. The highest BCUT2D eigenvalue weighted by Crippen LogP contribution is 2.11. The van der Waals surface area contributed by atoms with Crippen LogP contribution >= 0.6 is 0 Å². The Morgan fingerprint density at radius 3 is 2.81 bits per heavy atom. The Kier molecular flexibility index (Phi) is 5.64. The van der Waals surface area contributed by atoms with Crippen LogP contribution in [0.15, 0.2) is 18.3 Å². The van der Waals surface area contributed by atoms with Crippen molar-refractivity contribution < 1.29 is 0 Å². The van der Waals surface area contributed by atoms with Crippen molar-refractivity contribution in [2.75, 3.05) is 44.4 Å².